The van der Waals surface area contributed by atoms with E-state index in [0.717, 1.165) is 31.7 Å². The van der Waals surface area contributed by atoms with Crippen molar-refractivity contribution in [1.82, 2.24) is 15.8 Å². The molecule has 0 spiro atoms. The number of benzene rings is 1. The normalized spacial score (nSPS) is 21.4. The van der Waals surface area contributed by atoms with E-state index in [9.17, 15) is 4.79 Å². The maximum atomic E-state index is 12.5. The first kappa shape index (κ1) is 15.6. The first-order valence-electron chi connectivity index (χ1n) is 7.93. The molecule has 120 valence electrons. The third kappa shape index (κ3) is 3.37. The van der Waals surface area contributed by atoms with Gasteiger partial charge >= 0.3 is 0 Å². The second-order valence-corrected chi connectivity index (χ2v) is 6.51. The lowest BCUT2D eigenvalue weighted by Gasteiger charge is -2.23. The van der Waals surface area contributed by atoms with Crippen molar-refractivity contribution in [3.05, 3.63) is 28.8 Å². The van der Waals surface area contributed by atoms with E-state index in [0.29, 0.717) is 23.2 Å². The van der Waals surface area contributed by atoms with Crippen molar-refractivity contribution in [3.63, 3.8) is 0 Å². The fourth-order valence-corrected chi connectivity index (χ4v) is 3.46. The molecule has 1 amide bonds. The Hall–Kier alpha value is -1.30. The van der Waals surface area contributed by atoms with E-state index in [1.165, 1.54) is 12.8 Å². The highest BCUT2D eigenvalue weighted by molar-refractivity contribution is 6.33. The molecular weight excluding hydrogens is 300 g/mol. The number of hydrogen-bond donors (Lipinski definition) is 2. The molecule has 0 aliphatic carbocycles. The first-order chi connectivity index (χ1) is 10.6. The summed E-state index contributed by atoms with van der Waals surface area (Å²) in [7, 11) is 1.84. The molecule has 22 heavy (non-hydrogen) atoms. The number of hydrazine groups is 1. The van der Waals surface area contributed by atoms with Gasteiger partial charge in [0.25, 0.3) is 5.91 Å². The van der Waals surface area contributed by atoms with Crippen LogP contribution in [0.15, 0.2) is 18.2 Å². The fourth-order valence-electron chi connectivity index (χ4n) is 3.16. The Bertz CT molecular complexity index is 539. The third-order valence-electron chi connectivity index (χ3n) is 4.41. The van der Waals surface area contributed by atoms with Crippen molar-refractivity contribution in [2.45, 2.75) is 25.3 Å². The number of rotatable bonds is 4. The molecule has 2 fully saturated rings. The van der Waals surface area contributed by atoms with Crippen molar-refractivity contribution in [3.8, 4) is 0 Å². The lowest BCUT2D eigenvalue weighted by molar-refractivity contribution is 0.0783. The van der Waals surface area contributed by atoms with E-state index in [1.54, 1.807) is 11.0 Å². The Morgan fingerprint density at radius 2 is 2.18 bits per heavy atom. The topological polar surface area (TPSA) is 47.6 Å². The summed E-state index contributed by atoms with van der Waals surface area (Å²) in [6.07, 6.45) is 3.45. The summed E-state index contributed by atoms with van der Waals surface area (Å²) in [6.45, 7) is 3.74. The molecule has 1 atom stereocenters. The minimum atomic E-state index is 0.0172. The van der Waals surface area contributed by atoms with Crippen molar-refractivity contribution in [2.24, 2.45) is 0 Å². The number of carbonyl (C=O) groups excluding carboxylic acids is 1. The van der Waals surface area contributed by atoms with E-state index in [2.05, 4.69) is 15.8 Å². The predicted octanol–water partition coefficient (Wildman–Crippen LogP) is 1.88. The van der Waals surface area contributed by atoms with Gasteiger partial charge in [0.1, 0.15) is 0 Å². The van der Waals surface area contributed by atoms with E-state index >= 15 is 0 Å². The van der Waals surface area contributed by atoms with Crippen LogP contribution in [0, 0.1) is 0 Å². The number of hydrogen-bond acceptors (Lipinski definition) is 4. The van der Waals surface area contributed by atoms with E-state index in [1.807, 2.05) is 19.2 Å². The Balaban J connectivity index is 1.68. The summed E-state index contributed by atoms with van der Waals surface area (Å²) in [5.74, 6) is 0.0172. The quantitative estimate of drug-likeness (QED) is 0.888. The molecule has 5 nitrogen and oxygen atoms in total. The van der Waals surface area contributed by atoms with Gasteiger partial charge in [0.15, 0.2) is 0 Å². The molecule has 2 aliphatic heterocycles. The number of carbonyl (C=O) groups is 1. The molecule has 2 heterocycles. The zero-order valence-corrected chi connectivity index (χ0v) is 13.7. The van der Waals surface area contributed by atoms with Gasteiger partial charge in [0.2, 0.25) is 0 Å². The van der Waals surface area contributed by atoms with E-state index in [4.69, 9.17) is 11.6 Å². The van der Waals surface area contributed by atoms with Crippen LogP contribution in [0.1, 0.15) is 29.6 Å². The van der Waals surface area contributed by atoms with Gasteiger partial charge in [0, 0.05) is 44.8 Å². The molecule has 2 saturated heterocycles. The van der Waals surface area contributed by atoms with Crippen molar-refractivity contribution < 1.29 is 4.79 Å². The zero-order chi connectivity index (χ0) is 15.5. The molecule has 6 heteroatoms. The van der Waals surface area contributed by atoms with Crippen LogP contribution in [0.25, 0.3) is 0 Å². The van der Waals surface area contributed by atoms with Crippen LogP contribution in [0.4, 0.5) is 5.69 Å². The average molecular weight is 323 g/mol. The van der Waals surface area contributed by atoms with Crippen LogP contribution < -0.4 is 15.8 Å². The highest BCUT2D eigenvalue weighted by atomic mass is 35.5. The van der Waals surface area contributed by atoms with Crippen molar-refractivity contribution >= 4 is 23.2 Å². The number of likely N-dealkylation sites (N-methyl/N-ethyl adjacent to an activating group) is 1. The second-order valence-electron chi connectivity index (χ2n) is 6.10. The van der Waals surface area contributed by atoms with Gasteiger partial charge in [-0.3, -0.25) is 15.6 Å². The van der Waals surface area contributed by atoms with E-state index < -0.39 is 0 Å². The SMILES string of the molecule is CN(CC1CCNN1)C(=O)c1ccc(N2CCCC2)c(Cl)c1. The molecular formula is C16H23ClN4O. The molecule has 0 bridgehead atoms. The summed E-state index contributed by atoms with van der Waals surface area (Å²) < 4.78 is 0. The smallest absolute Gasteiger partial charge is 0.253 e. The minimum Gasteiger partial charge on any atom is -0.370 e. The summed E-state index contributed by atoms with van der Waals surface area (Å²) in [5, 5.41) is 0.668. The standard InChI is InChI=1S/C16H23ClN4O/c1-20(11-13-6-7-18-19-13)16(22)12-4-5-15(14(17)10-12)21-8-2-3-9-21/h4-5,10,13,18-19H,2-3,6-9,11H2,1H3. The average Bonchev–Trinajstić information content (AvgIpc) is 3.19. The monoisotopic (exact) mass is 322 g/mol. The molecule has 0 radical (unpaired) electrons. The number of amides is 1. The lowest BCUT2D eigenvalue weighted by atomic mass is 10.1. The van der Waals surface area contributed by atoms with Gasteiger partial charge in [-0.25, -0.2) is 0 Å². The molecule has 2 N–H and O–H groups in total. The van der Waals surface area contributed by atoms with Crippen LogP contribution in [-0.4, -0.2) is 50.1 Å². The van der Waals surface area contributed by atoms with Crippen LogP contribution >= 0.6 is 11.6 Å². The predicted molar refractivity (Wildman–Crippen MR) is 89.4 cm³/mol. The van der Waals surface area contributed by atoms with Crippen LogP contribution in [0.2, 0.25) is 5.02 Å². The van der Waals surface area contributed by atoms with E-state index in [-0.39, 0.29) is 5.91 Å². The summed E-state index contributed by atoms with van der Waals surface area (Å²) in [5.41, 5.74) is 7.96. The van der Waals surface area contributed by atoms with Gasteiger partial charge in [-0.1, -0.05) is 11.6 Å². The Kier molecular flexibility index (Phi) is 4.86. The number of nitrogens with zero attached hydrogens (tertiary/aromatic N) is 2. The maximum Gasteiger partial charge on any atom is 0.253 e. The summed E-state index contributed by atoms with van der Waals surface area (Å²) in [4.78, 5) is 16.6. The minimum absolute atomic E-state index is 0.0172. The molecule has 2 aliphatic rings. The van der Waals surface area contributed by atoms with Crippen LogP contribution in [0.3, 0.4) is 0 Å². The fraction of sp³-hybridized carbons (Fsp3) is 0.562. The molecule has 0 aromatic heterocycles. The lowest BCUT2D eigenvalue weighted by Crippen LogP contribution is -2.41. The maximum absolute atomic E-state index is 12.5. The number of halogens is 1. The van der Waals surface area contributed by atoms with Crippen LogP contribution in [0.5, 0.6) is 0 Å². The summed E-state index contributed by atoms with van der Waals surface area (Å²) >= 11 is 6.39. The molecule has 3 rings (SSSR count). The highest BCUT2D eigenvalue weighted by Crippen LogP contribution is 2.29. The van der Waals surface area contributed by atoms with Gasteiger partial charge in [-0.15, -0.1) is 0 Å². The largest absolute Gasteiger partial charge is 0.370 e. The second kappa shape index (κ2) is 6.86. The summed E-state index contributed by atoms with van der Waals surface area (Å²) in [6, 6.07) is 5.98. The first-order valence-corrected chi connectivity index (χ1v) is 8.31. The van der Waals surface area contributed by atoms with Crippen LogP contribution in [-0.2, 0) is 0 Å². The van der Waals surface area contributed by atoms with Gasteiger partial charge < -0.3 is 9.80 Å². The van der Waals surface area contributed by atoms with Crippen molar-refractivity contribution in [1.29, 1.82) is 0 Å². The molecule has 1 aromatic rings. The van der Waals surface area contributed by atoms with Crippen molar-refractivity contribution in [2.75, 3.05) is 38.1 Å². The molecule has 1 unspecified atom stereocenters. The zero-order valence-electron chi connectivity index (χ0n) is 12.9. The molecule has 0 saturated carbocycles. The Morgan fingerprint density at radius 3 is 2.82 bits per heavy atom. The van der Waals surface area contributed by atoms with Gasteiger partial charge in [-0.2, -0.15) is 0 Å². The van der Waals surface area contributed by atoms with Gasteiger partial charge in [0.05, 0.1) is 10.7 Å². The number of nitrogens with one attached hydrogen (secondary N) is 2. The highest BCUT2D eigenvalue weighted by Gasteiger charge is 2.21. The third-order valence-corrected chi connectivity index (χ3v) is 4.71. The Labute approximate surface area is 136 Å². The Morgan fingerprint density at radius 1 is 1.41 bits per heavy atom. The molecule has 1 aromatic carbocycles. The van der Waals surface area contributed by atoms with Gasteiger partial charge in [-0.05, 0) is 37.5 Å². The number of anilines is 1.